The van der Waals surface area contributed by atoms with Gasteiger partial charge >= 0.3 is 0 Å². The predicted octanol–water partition coefficient (Wildman–Crippen LogP) is 2.39. The first-order chi connectivity index (χ1) is 8.19. The van der Waals surface area contributed by atoms with E-state index in [4.69, 9.17) is 16.9 Å². The summed E-state index contributed by atoms with van der Waals surface area (Å²) in [6.07, 6.45) is 0. The fraction of sp³-hybridized carbons (Fsp3) is 0.300. The smallest absolute Gasteiger partial charge is 0.251 e. The monoisotopic (exact) mass is 277 g/mol. The fourth-order valence-electron chi connectivity index (χ4n) is 1.20. The molecule has 17 heavy (non-hydrogen) atoms. The molecule has 1 rings (SSSR count). The average molecular weight is 278 g/mol. The molecule has 0 saturated heterocycles. The molecule has 0 saturated carbocycles. The van der Waals surface area contributed by atoms with E-state index in [-0.39, 0.29) is 5.91 Å². The molecule has 1 amide bonds. The molecule has 1 aromatic rings. The quantitative estimate of drug-likeness (QED) is 0.362. The highest BCUT2D eigenvalue weighted by atomic mass is 35.5. The summed E-state index contributed by atoms with van der Waals surface area (Å²) in [5.41, 5.74) is 1.38. The number of benzene rings is 1. The minimum Gasteiger partial charge on any atom is -0.351 e. The van der Waals surface area contributed by atoms with Crippen LogP contribution in [0.4, 0.5) is 0 Å². The molecular weight excluding hydrogens is 266 g/mol. The van der Waals surface area contributed by atoms with E-state index in [9.17, 15) is 4.79 Å². The number of hydrogen-bond donors (Lipinski definition) is 2. The maximum atomic E-state index is 11.6. The molecule has 0 aliphatic rings. The Kier molecular flexibility index (Phi) is 6.31. The fourth-order valence-corrected chi connectivity index (χ4v) is 1.71. The van der Waals surface area contributed by atoms with Gasteiger partial charge in [-0.15, -0.1) is 15.9 Å². The Morgan fingerprint density at radius 3 is 2.94 bits per heavy atom. The van der Waals surface area contributed by atoms with Crippen LogP contribution in [0, 0.1) is 6.92 Å². The lowest BCUT2D eigenvalue weighted by molar-refractivity contribution is -0.432. The maximum absolute atomic E-state index is 11.6. The van der Waals surface area contributed by atoms with Crippen LogP contribution in [0.2, 0.25) is 0 Å². The van der Waals surface area contributed by atoms with Gasteiger partial charge in [-0.3, -0.25) is 4.79 Å². The first-order valence-corrected chi connectivity index (χ1v) is 6.06. The normalized spacial score (nSPS) is 10.3. The molecule has 0 atom stereocenters. The number of amides is 1. The second kappa shape index (κ2) is 7.52. The zero-order valence-corrected chi connectivity index (χ0v) is 10.7. The van der Waals surface area contributed by atoms with Gasteiger partial charge in [-0.2, -0.15) is 0 Å². The molecule has 0 spiro atoms. The average Bonchev–Trinajstić information content (AvgIpc) is 2.34. The van der Waals surface area contributed by atoms with Crippen LogP contribution in [-0.4, -0.2) is 23.6 Å². The van der Waals surface area contributed by atoms with Crippen LogP contribution in [0.1, 0.15) is 15.9 Å². The summed E-state index contributed by atoms with van der Waals surface area (Å²) in [4.78, 5) is 12.4. The lowest BCUT2D eigenvalue weighted by atomic mass is 10.1. The molecule has 7 heteroatoms. The zero-order chi connectivity index (χ0) is 12.7. The summed E-state index contributed by atoms with van der Waals surface area (Å²) >= 11 is 6.33. The van der Waals surface area contributed by atoms with Crippen LogP contribution in [0.15, 0.2) is 23.1 Å². The van der Waals surface area contributed by atoms with E-state index in [0.717, 1.165) is 22.5 Å². The lowest BCUT2D eigenvalue weighted by Crippen LogP contribution is -2.25. The van der Waals surface area contributed by atoms with Crippen molar-refractivity contribution in [2.24, 2.45) is 0 Å². The molecule has 0 unspecified atom stereocenters. The molecule has 0 aliphatic carbocycles. The Morgan fingerprint density at radius 1 is 1.59 bits per heavy atom. The number of halogens is 1. The molecule has 2 N–H and O–H groups in total. The number of aryl methyl sites for hydroxylation is 1. The van der Waals surface area contributed by atoms with Gasteiger partial charge in [0.2, 0.25) is 0 Å². The molecule has 1 aromatic carbocycles. The van der Waals surface area contributed by atoms with Gasteiger partial charge < -0.3 is 5.32 Å². The molecule has 0 aliphatic heterocycles. The maximum Gasteiger partial charge on any atom is 0.251 e. The van der Waals surface area contributed by atoms with Gasteiger partial charge in [-0.05, 0) is 30.7 Å². The summed E-state index contributed by atoms with van der Waals surface area (Å²) in [5, 5.41) is 14.2. The van der Waals surface area contributed by atoms with Crippen LogP contribution >= 0.6 is 23.6 Å². The molecule has 0 radical (unpaired) electrons. The standard InChI is InChI=1S/C10H12ClNO4S/c1-7-6-8(10(13)12-5-4-11)2-3-9(7)17-16-15-14/h2-3,6,14H,4-5H2,1H3,(H,12,13). The largest absolute Gasteiger partial charge is 0.351 e. The van der Waals surface area contributed by atoms with Crippen LogP contribution in [0.5, 0.6) is 0 Å². The van der Waals surface area contributed by atoms with E-state index in [1.807, 2.05) is 6.92 Å². The number of rotatable bonds is 6. The molecule has 94 valence electrons. The Labute approximate surface area is 108 Å². The van der Waals surface area contributed by atoms with Crippen molar-refractivity contribution in [3.63, 3.8) is 0 Å². The third kappa shape index (κ3) is 4.53. The summed E-state index contributed by atoms with van der Waals surface area (Å²) in [6.45, 7) is 2.25. The minimum absolute atomic E-state index is 0.176. The Hall–Kier alpha value is -0.790. The molecular formula is C10H12ClNO4S. The van der Waals surface area contributed by atoms with Crippen molar-refractivity contribution < 1.29 is 19.4 Å². The molecule has 0 fully saturated rings. The number of carbonyl (C=O) groups is 1. The van der Waals surface area contributed by atoms with E-state index >= 15 is 0 Å². The summed E-state index contributed by atoms with van der Waals surface area (Å²) < 4.78 is 4.32. The first-order valence-electron chi connectivity index (χ1n) is 4.78. The van der Waals surface area contributed by atoms with E-state index < -0.39 is 0 Å². The topological polar surface area (TPSA) is 67.8 Å². The van der Waals surface area contributed by atoms with Gasteiger partial charge in [-0.1, -0.05) is 5.04 Å². The number of hydrogen-bond acceptors (Lipinski definition) is 5. The van der Waals surface area contributed by atoms with E-state index in [2.05, 4.69) is 14.7 Å². The number of alkyl halides is 1. The molecule has 0 bridgehead atoms. The van der Waals surface area contributed by atoms with Gasteiger partial charge in [-0.25, -0.2) is 5.26 Å². The van der Waals surface area contributed by atoms with Crippen molar-refractivity contribution in [1.29, 1.82) is 0 Å². The minimum atomic E-state index is -0.176. The number of carbonyl (C=O) groups excluding carboxylic acids is 1. The van der Waals surface area contributed by atoms with Crippen molar-refractivity contribution in [3.05, 3.63) is 29.3 Å². The van der Waals surface area contributed by atoms with E-state index in [1.165, 1.54) is 0 Å². The van der Waals surface area contributed by atoms with Crippen molar-refractivity contribution in [3.8, 4) is 0 Å². The molecule has 0 aromatic heterocycles. The van der Waals surface area contributed by atoms with Gasteiger partial charge in [0.05, 0.1) is 12.0 Å². The third-order valence-electron chi connectivity index (χ3n) is 1.97. The number of nitrogens with one attached hydrogen (secondary N) is 1. The molecule has 0 heterocycles. The van der Waals surface area contributed by atoms with Gasteiger partial charge in [0.1, 0.15) is 0 Å². The van der Waals surface area contributed by atoms with Crippen LogP contribution < -0.4 is 5.32 Å². The van der Waals surface area contributed by atoms with Crippen molar-refractivity contribution in [2.75, 3.05) is 12.4 Å². The van der Waals surface area contributed by atoms with Crippen LogP contribution in [0.25, 0.3) is 0 Å². The van der Waals surface area contributed by atoms with E-state index in [1.54, 1.807) is 18.2 Å². The van der Waals surface area contributed by atoms with Crippen molar-refractivity contribution in [1.82, 2.24) is 5.32 Å². The summed E-state index contributed by atoms with van der Waals surface area (Å²) in [5.74, 6) is 0.199. The molecule has 5 nitrogen and oxygen atoms in total. The highest BCUT2D eigenvalue weighted by molar-refractivity contribution is 7.94. The Morgan fingerprint density at radius 2 is 2.35 bits per heavy atom. The van der Waals surface area contributed by atoms with E-state index in [0.29, 0.717) is 18.0 Å². The second-order valence-electron chi connectivity index (χ2n) is 3.15. The Balaban J connectivity index is 2.70. The second-order valence-corrected chi connectivity index (χ2v) is 4.27. The predicted molar refractivity (Wildman–Crippen MR) is 64.9 cm³/mol. The van der Waals surface area contributed by atoms with Gasteiger partial charge in [0.15, 0.2) is 0 Å². The summed E-state index contributed by atoms with van der Waals surface area (Å²) in [6, 6.07) is 5.07. The van der Waals surface area contributed by atoms with Gasteiger partial charge in [0.25, 0.3) is 5.91 Å². The first kappa shape index (κ1) is 14.3. The summed E-state index contributed by atoms with van der Waals surface area (Å²) in [7, 11) is 0. The highest BCUT2D eigenvalue weighted by Gasteiger charge is 2.08. The SMILES string of the molecule is Cc1cc(C(=O)NCCCl)ccc1SOOO. The highest BCUT2D eigenvalue weighted by Crippen LogP contribution is 2.24. The zero-order valence-electron chi connectivity index (χ0n) is 9.10. The van der Waals surface area contributed by atoms with Crippen LogP contribution in [0.3, 0.4) is 0 Å². The Bertz CT molecular complexity index is 389. The lowest BCUT2D eigenvalue weighted by Gasteiger charge is -2.06. The van der Waals surface area contributed by atoms with Crippen LogP contribution in [-0.2, 0) is 9.37 Å². The van der Waals surface area contributed by atoms with Crippen molar-refractivity contribution >= 4 is 29.6 Å². The van der Waals surface area contributed by atoms with Crippen molar-refractivity contribution in [2.45, 2.75) is 11.8 Å². The van der Waals surface area contributed by atoms with Gasteiger partial charge in [0, 0.05) is 22.9 Å². The third-order valence-corrected chi connectivity index (χ3v) is 2.93.